The highest BCUT2D eigenvalue weighted by molar-refractivity contribution is 7.91. The number of ether oxygens (including phenoxy) is 8. The Morgan fingerprint density at radius 3 is 1.31 bits per heavy atom. The lowest BCUT2D eigenvalue weighted by Gasteiger charge is -2.19. The Balaban J connectivity index is 1.42. The van der Waals surface area contributed by atoms with E-state index >= 15 is 0 Å². The molecule has 62 heavy (non-hydrogen) atoms. The molecule has 0 bridgehead atoms. The molecule has 2 heterocycles. The Labute approximate surface area is 361 Å². The van der Waals surface area contributed by atoms with Gasteiger partial charge in [-0.15, -0.1) is 0 Å². The van der Waals surface area contributed by atoms with Crippen molar-refractivity contribution in [1.29, 1.82) is 0 Å². The average Bonchev–Trinajstić information content (AvgIpc) is 3.82. The summed E-state index contributed by atoms with van der Waals surface area (Å²) in [5, 5.41) is 8.56. The van der Waals surface area contributed by atoms with Crippen molar-refractivity contribution in [2.45, 2.75) is 76.6 Å². The number of rotatable bonds is 24. The smallest absolute Gasteiger partial charge is 0.490 e. The van der Waals surface area contributed by atoms with Crippen LogP contribution < -0.4 is 18.9 Å². The molecule has 0 radical (unpaired) electrons. The molecule has 0 N–H and O–H groups in total. The van der Waals surface area contributed by atoms with Gasteiger partial charge in [0.05, 0.1) is 25.6 Å². The molecule has 4 aromatic rings. The molecule has 0 spiro atoms. The SMILES string of the molecule is CCn1ncc(C(=O)c2ccc(S(C)(=O)=O)c(OCCOC)c2C)c1OC(C)COC(=O)OCC(C)Oc1c(C(=O)c2ccc(S(C)(=O)=O)c(OCCOC)c2C)cnn1CC. The number of hydrogen-bond acceptors (Lipinski definition) is 17. The van der Waals surface area contributed by atoms with Crippen LogP contribution in [0.1, 0.15) is 70.7 Å². The Kier molecular flexibility index (Phi) is 17.1. The van der Waals surface area contributed by atoms with Gasteiger partial charge in [0.2, 0.25) is 11.8 Å². The van der Waals surface area contributed by atoms with E-state index in [0.717, 1.165) is 12.5 Å². The molecular weight excluding hydrogens is 853 g/mol. The number of sulfone groups is 2. The van der Waals surface area contributed by atoms with Crippen LogP contribution in [0, 0.1) is 13.8 Å². The van der Waals surface area contributed by atoms with Crippen LogP contribution in [0.2, 0.25) is 0 Å². The van der Waals surface area contributed by atoms with E-state index in [4.69, 9.17) is 37.9 Å². The number of nitrogens with zero attached hydrogens (tertiary/aromatic N) is 4. The first-order chi connectivity index (χ1) is 29.3. The molecule has 2 aromatic heterocycles. The lowest BCUT2D eigenvalue weighted by Crippen LogP contribution is -2.27. The molecule has 340 valence electrons. The van der Waals surface area contributed by atoms with E-state index in [1.165, 1.54) is 60.2 Å². The summed E-state index contributed by atoms with van der Waals surface area (Å²) in [5.41, 5.74) is 1.13. The lowest BCUT2D eigenvalue weighted by molar-refractivity contribution is 0.00976. The molecule has 0 saturated heterocycles. The lowest BCUT2D eigenvalue weighted by atomic mass is 10.00. The largest absolute Gasteiger partial charge is 0.508 e. The number of aromatic nitrogens is 4. The second kappa shape index (κ2) is 21.5. The standard InChI is InChI=1S/C41H54N4O15S2/c1-11-44-39(31(21-42-44)35(46)29-13-15-33(61(9,49)50)37(27(29)5)55-19-17-53-7)59-25(3)23-57-41(48)58-24-26(4)60-40-32(22-43-45(40)12-2)36(47)30-14-16-34(62(10,51)52)38(28(30)6)56-20-18-54-8/h13-16,21-22,25-26H,11-12,17-20,23-24H2,1-10H3. The zero-order valence-corrected chi connectivity index (χ0v) is 38.1. The van der Waals surface area contributed by atoms with Gasteiger partial charge in [0.15, 0.2) is 31.2 Å². The minimum atomic E-state index is -3.70. The summed E-state index contributed by atoms with van der Waals surface area (Å²) in [7, 11) is -4.44. The minimum absolute atomic E-state index is 0.0401. The van der Waals surface area contributed by atoms with Gasteiger partial charge >= 0.3 is 6.16 Å². The Morgan fingerprint density at radius 1 is 0.613 bits per heavy atom. The van der Waals surface area contributed by atoms with E-state index in [0.29, 0.717) is 24.2 Å². The van der Waals surface area contributed by atoms with Gasteiger partial charge in [0, 0.05) is 62.1 Å². The van der Waals surface area contributed by atoms with E-state index in [9.17, 15) is 31.2 Å². The molecule has 0 aliphatic carbocycles. The molecule has 0 aliphatic heterocycles. The highest BCUT2D eigenvalue weighted by Gasteiger charge is 2.29. The molecule has 0 saturated carbocycles. The molecule has 2 aromatic carbocycles. The molecular formula is C41H54N4O15S2. The van der Waals surface area contributed by atoms with Gasteiger partial charge < -0.3 is 37.9 Å². The molecule has 2 atom stereocenters. The third-order valence-corrected chi connectivity index (χ3v) is 11.5. The van der Waals surface area contributed by atoms with E-state index < -0.39 is 49.6 Å². The highest BCUT2D eigenvalue weighted by atomic mass is 32.2. The van der Waals surface area contributed by atoms with E-state index in [1.54, 1.807) is 41.5 Å². The Morgan fingerprint density at radius 2 is 0.984 bits per heavy atom. The molecule has 19 nitrogen and oxygen atoms in total. The summed E-state index contributed by atoms with van der Waals surface area (Å²) in [5.74, 6) is -0.711. The van der Waals surface area contributed by atoms with Gasteiger partial charge in [-0.3, -0.25) is 9.59 Å². The summed E-state index contributed by atoms with van der Waals surface area (Å²) in [6.07, 6.45) is 2.16. The molecule has 0 amide bonds. The van der Waals surface area contributed by atoms with Crippen LogP contribution in [0.4, 0.5) is 4.79 Å². The quantitative estimate of drug-likeness (QED) is 0.0537. The zero-order valence-electron chi connectivity index (χ0n) is 36.5. The van der Waals surface area contributed by atoms with Crippen molar-refractivity contribution in [2.24, 2.45) is 0 Å². The van der Waals surface area contributed by atoms with Crippen LogP contribution in [0.15, 0.2) is 46.5 Å². The van der Waals surface area contributed by atoms with E-state index in [2.05, 4.69) is 10.2 Å². The molecule has 0 aliphatic rings. The van der Waals surface area contributed by atoms with Crippen LogP contribution in [-0.2, 0) is 51.7 Å². The maximum Gasteiger partial charge on any atom is 0.508 e. The maximum absolute atomic E-state index is 13.9. The number of benzene rings is 2. The van der Waals surface area contributed by atoms with Crippen molar-refractivity contribution in [3.8, 4) is 23.3 Å². The Bertz CT molecular complexity index is 2290. The first kappa shape index (κ1) is 49.1. The Hall–Kier alpha value is -5.51. The van der Waals surface area contributed by atoms with Crippen LogP contribution in [0.5, 0.6) is 23.3 Å². The summed E-state index contributed by atoms with van der Waals surface area (Å²) >= 11 is 0. The van der Waals surface area contributed by atoms with E-state index in [1.807, 2.05) is 0 Å². The van der Waals surface area contributed by atoms with Crippen LogP contribution in [0.3, 0.4) is 0 Å². The first-order valence-corrected chi connectivity index (χ1v) is 23.3. The monoisotopic (exact) mass is 906 g/mol. The van der Waals surface area contributed by atoms with Crippen molar-refractivity contribution in [1.82, 2.24) is 19.6 Å². The van der Waals surface area contributed by atoms with Crippen molar-refractivity contribution < 1.29 is 69.1 Å². The fourth-order valence-corrected chi connectivity index (χ4v) is 7.86. The number of carbonyl (C=O) groups is 3. The first-order valence-electron chi connectivity index (χ1n) is 19.5. The number of hydrogen-bond donors (Lipinski definition) is 0. The molecule has 21 heteroatoms. The third-order valence-electron chi connectivity index (χ3n) is 9.26. The van der Waals surface area contributed by atoms with Crippen molar-refractivity contribution in [3.63, 3.8) is 0 Å². The molecule has 4 rings (SSSR count). The highest BCUT2D eigenvalue weighted by Crippen LogP contribution is 2.35. The van der Waals surface area contributed by atoms with E-state index in [-0.39, 0.29) is 94.9 Å². The van der Waals surface area contributed by atoms with Gasteiger partial charge in [-0.25, -0.2) is 31.0 Å². The second-order valence-electron chi connectivity index (χ2n) is 14.1. The molecule has 2 unspecified atom stereocenters. The fourth-order valence-electron chi connectivity index (χ4n) is 6.13. The van der Waals surface area contributed by atoms with Crippen molar-refractivity contribution >= 4 is 37.4 Å². The maximum atomic E-state index is 13.9. The predicted octanol–water partition coefficient (Wildman–Crippen LogP) is 4.44. The number of methoxy groups -OCH3 is 2. The third kappa shape index (κ3) is 11.9. The summed E-state index contributed by atoms with van der Waals surface area (Å²) in [4.78, 5) is 40.4. The topological polar surface area (TPSA) is 229 Å². The minimum Gasteiger partial charge on any atom is -0.490 e. The number of aryl methyl sites for hydroxylation is 2. The number of carbonyl (C=O) groups excluding carboxylic acids is 3. The summed E-state index contributed by atoms with van der Waals surface area (Å²) < 4.78 is 97.3. The molecule has 0 fully saturated rings. The van der Waals surface area contributed by atoms with Crippen molar-refractivity contribution in [3.05, 3.63) is 70.0 Å². The summed E-state index contributed by atoms with van der Waals surface area (Å²) in [6.45, 7) is 10.6. The zero-order chi connectivity index (χ0) is 45.9. The van der Waals surface area contributed by atoms with Crippen LogP contribution >= 0.6 is 0 Å². The van der Waals surface area contributed by atoms with Gasteiger partial charge in [0.25, 0.3) is 0 Å². The van der Waals surface area contributed by atoms with Gasteiger partial charge in [-0.05, 0) is 65.8 Å². The fraction of sp³-hybridized carbons (Fsp3) is 0.488. The second-order valence-corrected chi connectivity index (χ2v) is 18.1. The summed E-state index contributed by atoms with van der Waals surface area (Å²) in [6, 6.07) is 5.45. The average molecular weight is 907 g/mol. The number of ketones is 2. The van der Waals surface area contributed by atoms with Gasteiger partial charge in [-0.2, -0.15) is 10.2 Å². The van der Waals surface area contributed by atoms with Crippen LogP contribution in [-0.4, -0.2) is 133 Å². The van der Waals surface area contributed by atoms with Gasteiger partial charge in [-0.1, -0.05) is 0 Å². The van der Waals surface area contributed by atoms with Gasteiger partial charge in [0.1, 0.15) is 71.1 Å². The normalized spacial score (nSPS) is 12.7. The van der Waals surface area contributed by atoms with Crippen molar-refractivity contribution in [2.75, 3.05) is 66.4 Å². The van der Waals surface area contributed by atoms with Crippen LogP contribution in [0.25, 0.3) is 0 Å². The predicted molar refractivity (Wildman–Crippen MR) is 223 cm³/mol.